The highest BCUT2D eigenvalue weighted by Gasteiger charge is 2.16. The second kappa shape index (κ2) is 8.62. The summed E-state index contributed by atoms with van der Waals surface area (Å²) in [6.45, 7) is 10.5. The van der Waals surface area contributed by atoms with Crippen LogP contribution in [0.25, 0.3) is 0 Å². The number of nitrogens with one attached hydrogen (secondary N) is 1. The average Bonchev–Trinajstić information content (AvgIpc) is 2.84. The zero-order valence-electron chi connectivity index (χ0n) is 15.2. The van der Waals surface area contributed by atoms with Gasteiger partial charge in [-0.05, 0) is 38.3 Å². The predicted octanol–water partition coefficient (Wildman–Crippen LogP) is 2.86. The maximum Gasteiger partial charge on any atom is 0.220 e. The van der Waals surface area contributed by atoms with E-state index in [9.17, 15) is 9.90 Å². The van der Waals surface area contributed by atoms with E-state index in [2.05, 4.69) is 17.0 Å². The number of allylic oxidation sites excluding steroid dienone is 1. The molecule has 1 aromatic heterocycles. The van der Waals surface area contributed by atoms with Gasteiger partial charge in [-0.3, -0.25) is 9.48 Å². The number of nitrogens with zero attached hydrogens (tertiary/aromatic N) is 2. The Morgan fingerprint density at radius 3 is 2.60 bits per heavy atom. The van der Waals surface area contributed by atoms with Gasteiger partial charge in [-0.25, -0.2) is 0 Å². The van der Waals surface area contributed by atoms with Crippen LogP contribution in [0, 0.1) is 13.8 Å². The van der Waals surface area contributed by atoms with Crippen LogP contribution < -0.4 is 5.32 Å². The first-order valence-corrected chi connectivity index (χ1v) is 8.54. The SMILES string of the molecule is C=C(C)Cn1nc(C)c(CCC(=O)N[C@@H](CO)c2ccccc2)c1C. The molecule has 1 amide bonds. The first-order valence-electron chi connectivity index (χ1n) is 8.54. The van der Waals surface area contributed by atoms with E-state index in [1.807, 2.05) is 55.8 Å². The summed E-state index contributed by atoms with van der Waals surface area (Å²) in [5.41, 5.74) is 5.09. The minimum atomic E-state index is -0.373. The quantitative estimate of drug-likeness (QED) is 0.726. The summed E-state index contributed by atoms with van der Waals surface area (Å²) in [6.07, 6.45) is 0.996. The first-order chi connectivity index (χ1) is 11.9. The maximum absolute atomic E-state index is 12.3. The minimum absolute atomic E-state index is 0.0747. The molecular formula is C20H27N3O2. The highest BCUT2D eigenvalue weighted by molar-refractivity contribution is 5.76. The van der Waals surface area contributed by atoms with Gasteiger partial charge in [0.05, 0.1) is 24.9 Å². The number of benzene rings is 1. The van der Waals surface area contributed by atoms with E-state index in [4.69, 9.17) is 0 Å². The third kappa shape index (κ3) is 5.03. The van der Waals surface area contributed by atoms with Crippen LogP contribution in [0.3, 0.4) is 0 Å². The minimum Gasteiger partial charge on any atom is -0.394 e. The molecular weight excluding hydrogens is 314 g/mol. The Hall–Kier alpha value is -2.40. The molecule has 1 heterocycles. The number of aryl methyl sites for hydroxylation is 1. The molecule has 1 aromatic carbocycles. The van der Waals surface area contributed by atoms with Crippen molar-refractivity contribution in [2.75, 3.05) is 6.61 Å². The number of rotatable bonds is 8. The molecule has 0 radical (unpaired) electrons. The molecule has 1 atom stereocenters. The van der Waals surface area contributed by atoms with Crippen molar-refractivity contribution in [3.63, 3.8) is 0 Å². The number of aliphatic hydroxyl groups is 1. The summed E-state index contributed by atoms with van der Waals surface area (Å²) >= 11 is 0. The first kappa shape index (κ1) is 18.9. The highest BCUT2D eigenvalue weighted by atomic mass is 16.3. The van der Waals surface area contributed by atoms with Crippen molar-refractivity contribution in [1.29, 1.82) is 0 Å². The standard InChI is InChI=1S/C20H27N3O2/c1-14(2)12-23-16(4)18(15(3)22-23)10-11-20(25)21-19(13-24)17-8-6-5-7-9-17/h5-9,19,24H,1,10-13H2,2-4H3,(H,21,25)/t19-/m0/s1. The molecule has 2 N–H and O–H groups in total. The van der Waals surface area contributed by atoms with Crippen molar-refractivity contribution in [2.24, 2.45) is 0 Å². The number of amides is 1. The summed E-state index contributed by atoms with van der Waals surface area (Å²) < 4.78 is 1.94. The molecule has 5 nitrogen and oxygen atoms in total. The second-order valence-electron chi connectivity index (χ2n) is 6.48. The van der Waals surface area contributed by atoms with Crippen molar-refractivity contribution in [3.8, 4) is 0 Å². The third-order valence-corrected chi connectivity index (χ3v) is 4.27. The van der Waals surface area contributed by atoms with Gasteiger partial charge in [0.1, 0.15) is 0 Å². The molecule has 0 saturated heterocycles. The largest absolute Gasteiger partial charge is 0.394 e. The van der Waals surface area contributed by atoms with Gasteiger partial charge in [0.2, 0.25) is 5.91 Å². The fourth-order valence-corrected chi connectivity index (χ4v) is 2.93. The summed E-state index contributed by atoms with van der Waals surface area (Å²) in [6, 6.07) is 9.13. The summed E-state index contributed by atoms with van der Waals surface area (Å²) in [4.78, 5) is 12.3. The molecule has 2 aromatic rings. The van der Waals surface area contributed by atoms with Crippen molar-refractivity contribution in [3.05, 3.63) is 65.0 Å². The van der Waals surface area contributed by atoms with Crippen LogP contribution in [0.2, 0.25) is 0 Å². The molecule has 25 heavy (non-hydrogen) atoms. The van der Waals surface area contributed by atoms with Crippen LogP contribution >= 0.6 is 0 Å². The average molecular weight is 341 g/mol. The third-order valence-electron chi connectivity index (χ3n) is 4.27. The lowest BCUT2D eigenvalue weighted by atomic mass is 10.1. The lowest BCUT2D eigenvalue weighted by molar-refractivity contribution is -0.122. The molecule has 0 spiro atoms. The van der Waals surface area contributed by atoms with Gasteiger partial charge >= 0.3 is 0 Å². The number of hydrogen-bond acceptors (Lipinski definition) is 3. The highest BCUT2D eigenvalue weighted by Crippen LogP contribution is 2.17. The topological polar surface area (TPSA) is 67.2 Å². The Bertz CT molecular complexity index is 735. The van der Waals surface area contributed by atoms with Crippen LogP contribution in [0.1, 0.15) is 41.9 Å². The second-order valence-corrected chi connectivity index (χ2v) is 6.48. The molecule has 0 aliphatic heterocycles. The number of aromatic nitrogens is 2. The van der Waals surface area contributed by atoms with E-state index in [0.717, 1.165) is 28.1 Å². The maximum atomic E-state index is 12.3. The Kier molecular flexibility index (Phi) is 6.53. The predicted molar refractivity (Wildman–Crippen MR) is 99.2 cm³/mol. The molecule has 0 aliphatic carbocycles. The molecule has 0 saturated carbocycles. The molecule has 5 heteroatoms. The summed E-state index contributed by atoms with van der Waals surface area (Å²) in [5, 5.41) is 17.0. The van der Waals surface area contributed by atoms with Crippen molar-refractivity contribution in [2.45, 2.75) is 46.2 Å². The Morgan fingerprint density at radius 2 is 2.00 bits per heavy atom. The van der Waals surface area contributed by atoms with Gasteiger partial charge in [-0.1, -0.05) is 42.5 Å². The van der Waals surface area contributed by atoms with E-state index >= 15 is 0 Å². The van der Waals surface area contributed by atoms with Gasteiger partial charge in [0.25, 0.3) is 0 Å². The molecule has 0 fully saturated rings. The molecule has 0 unspecified atom stereocenters. The molecule has 0 bridgehead atoms. The van der Waals surface area contributed by atoms with Crippen molar-refractivity contribution >= 4 is 5.91 Å². The monoisotopic (exact) mass is 341 g/mol. The normalized spacial score (nSPS) is 12.0. The Balaban J connectivity index is 1.98. The Labute approximate surface area is 149 Å². The van der Waals surface area contributed by atoms with E-state index in [0.29, 0.717) is 19.4 Å². The fourth-order valence-electron chi connectivity index (χ4n) is 2.93. The van der Waals surface area contributed by atoms with Crippen LogP contribution in [-0.2, 0) is 17.8 Å². The lowest BCUT2D eigenvalue weighted by Gasteiger charge is -2.16. The van der Waals surface area contributed by atoms with Crippen LogP contribution in [0.4, 0.5) is 0 Å². The van der Waals surface area contributed by atoms with Crippen LogP contribution in [0.5, 0.6) is 0 Å². The van der Waals surface area contributed by atoms with E-state index in [-0.39, 0.29) is 18.6 Å². The van der Waals surface area contributed by atoms with Gasteiger partial charge in [0.15, 0.2) is 0 Å². The van der Waals surface area contributed by atoms with Crippen LogP contribution in [-0.4, -0.2) is 27.4 Å². The number of carbonyl (C=O) groups excluding carboxylic acids is 1. The number of carbonyl (C=O) groups is 1. The number of aliphatic hydroxyl groups excluding tert-OH is 1. The van der Waals surface area contributed by atoms with Gasteiger partial charge in [-0.2, -0.15) is 5.10 Å². The van der Waals surface area contributed by atoms with Gasteiger partial charge in [-0.15, -0.1) is 0 Å². The van der Waals surface area contributed by atoms with Gasteiger partial charge in [0, 0.05) is 12.1 Å². The molecule has 2 rings (SSSR count). The summed E-state index contributed by atoms with van der Waals surface area (Å²) in [7, 11) is 0. The lowest BCUT2D eigenvalue weighted by Crippen LogP contribution is -2.30. The van der Waals surface area contributed by atoms with Gasteiger partial charge < -0.3 is 10.4 Å². The molecule has 0 aliphatic rings. The summed E-state index contributed by atoms with van der Waals surface area (Å²) in [5.74, 6) is -0.0747. The number of hydrogen-bond donors (Lipinski definition) is 2. The zero-order valence-corrected chi connectivity index (χ0v) is 15.2. The Morgan fingerprint density at radius 1 is 1.32 bits per heavy atom. The van der Waals surface area contributed by atoms with E-state index in [1.54, 1.807) is 0 Å². The van der Waals surface area contributed by atoms with Crippen LogP contribution in [0.15, 0.2) is 42.5 Å². The van der Waals surface area contributed by atoms with Crippen molar-refractivity contribution in [1.82, 2.24) is 15.1 Å². The zero-order chi connectivity index (χ0) is 18.4. The van der Waals surface area contributed by atoms with E-state index in [1.165, 1.54) is 0 Å². The fraction of sp³-hybridized carbons (Fsp3) is 0.400. The van der Waals surface area contributed by atoms with E-state index < -0.39 is 0 Å². The van der Waals surface area contributed by atoms with Crippen molar-refractivity contribution < 1.29 is 9.90 Å². The molecule has 134 valence electrons. The smallest absolute Gasteiger partial charge is 0.220 e.